The predicted molar refractivity (Wildman–Crippen MR) is 129 cm³/mol. The first-order valence-electron chi connectivity index (χ1n) is 11.0. The maximum Gasteiger partial charge on any atom is 0.224 e. The lowest BCUT2D eigenvalue weighted by atomic mass is 10.1. The number of nitrogen functional groups attached to an aromatic ring is 1. The van der Waals surface area contributed by atoms with E-state index >= 15 is 0 Å². The zero-order valence-electron chi connectivity index (χ0n) is 18.2. The smallest absolute Gasteiger partial charge is 0.224 e. The molecule has 5 rings (SSSR count). The van der Waals surface area contributed by atoms with Crippen LogP contribution in [0.2, 0.25) is 0 Å². The number of imidazole rings is 1. The highest BCUT2D eigenvalue weighted by molar-refractivity contribution is 5.78. The highest BCUT2D eigenvalue weighted by atomic mass is 16.1. The molecule has 2 aromatic carbocycles. The second kappa shape index (κ2) is 8.78. The van der Waals surface area contributed by atoms with Crippen molar-refractivity contribution in [2.75, 3.05) is 11.1 Å². The van der Waals surface area contributed by atoms with Gasteiger partial charge in [-0.15, -0.1) is 0 Å². The molecule has 7 nitrogen and oxygen atoms in total. The first-order valence-corrected chi connectivity index (χ1v) is 11.0. The third kappa shape index (κ3) is 4.87. The van der Waals surface area contributed by atoms with Crippen molar-refractivity contribution in [2.45, 2.75) is 31.3 Å². The maximum absolute atomic E-state index is 12.4. The van der Waals surface area contributed by atoms with Crippen molar-refractivity contribution in [3.05, 3.63) is 95.8 Å². The zero-order valence-corrected chi connectivity index (χ0v) is 18.2. The summed E-state index contributed by atoms with van der Waals surface area (Å²) in [5.74, 6) is 1.19. The minimum Gasteiger partial charge on any atom is -0.369 e. The van der Waals surface area contributed by atoms with Gasteiger partial charge in [0, 0.05) is 12.7 Å². The van der Waals surface area contributed by atoms with E-state index in [9.17, 15) is 4.79 Å². The first kappa shape index (κ1) is 20.8. The van der Waals surface area contributed by atoms with Crippen molar-refractivity contribution in [3.8, 4) is 11.3 Å². The molecule has 1 aliphatic carbocycles. The van der Waals surface area contributed by atoms with Crippen LogP contribution in [0.25, 0.3) is 11.3 Å². The Bertz CT molecular complexity index is 1230. The van der Waals surface area contributed by atoms with Gasteiger partial charge in [0.2, 0.25) is 5.91 Å². The molecule has 0 saturated heterocycles. The van der Waals surface area contributed by atoms with Gasteiger partial charge in [-0.25, -0.2) is 9.97 Å². The van der Waals surface area contributed by atoms with Gasteiger partial charge in [0.05, 0.1) is 23.9 Å². The molecular weight excluding hydrogens is 412 g/mol. The number of nitrogens with zero attached hydrogens (tertiary/aromatic N) is 2. The van der Waals surface area contributed by atoms with Crippen LogP contribution in [-0.2, 0) is 23.3 Å². The number of amides is 1. The largest absolute Gasteiger partial charge is 0.369 e. The third-order valence-electron chi connectivity index (χ3n) is 5.98. The van der Waals surface area contributed by atoms with E-state index in [1.165, 1.54) is 5.56 Å². The number of pyridine rings is 1. The SMILES string of the molecule is Nc1ncc(-c2ccc(CNC(=O)Cc3ccc(NC4(c5ccccc5)CC4)nc3)cc2)[nH]1. The highest BCUT2D eigenvalue weighted by Gasteiger charge is 2.44. The lowest BCUT2D eigenvalue weighted by molar-refractivity contribution is -0.120. The summed E-state index contributed by atoms with van der Waals surface area (Å²) in [7, 11) is 0. The molecule has 4 aromatic rings. The van der Waals surface area contributed by atoms with Gasteiger partial charge in [-0.3, -0.25) is 4.79 Å². The van der Waals surface area contributed by atoms with Crippen LogP contribution in [-0.4, -0.2) is 20.9 Å². The fraction of sp³-hybridized carbons (Fsp3) is 0.192. The maximum atomic E-state index is 12.4. The van der Waals surface area contributed by atoms with Crippen molar-refractivity contribution in [1.29, 1.82) is 0 Å². The Morgan fingerprint density at radius 3 is 2.33 bits per heavy atom. The standard InChI is InChI=1S/C26H26N6O/c27-25-30-17-22(31-25)20-9-6-18(7-10-20)15-29-24(33)14-19-8-11-23(28-16-19)32-26(12-13-26)21-4-2-1-3-5-21/h1-11,16-17H,12-15H2,(H,28,32)(H,29,33)(H3,27,30,31). The summed E-state index contributed by atoms with van der Waals surface area (Å²) < 4.78 is 0. The summed E-state index contributed by atoms with van der Waals surface area (Å²) in [5.41, 5.74) is 10.7. The van der Waals surface area contributed by atoms with Gasteiger partial charge in [-0.2, -0.15) is 0 Å². The van der Waals surface area contributed by atoms with Crippen molar-refractivity contribution >= 4 is 17.7 Å². The van der Waals surface area contributed by atoms with Crippen LogP contribution in [0.1, 0.15) is 29.5 Å². The average molecular weight is 439 g/mol. The Morgan fingerprint density at radius 1 is 0.939 bits per heavy atom. The second-order valence-corrected chi connectivity index (χ2v) is 8.46. The Hall–Kier alpha value is -4.13. The van der Waals surface area contributed by atoms with Crippen LogP contribution in [0.5, 0.6) is 0 Å². The van der Waals surface area contributed by atoms with Crippen LogP contribution in [0.15, 0.2) is 79.1 Å². The molecule has 166 valence electrons. The molecule has 2 heterocycles. The number of hydrogen-bond donors (Lipinski definition) is 4. The molecule has 0 atom stereocenters. The molecule has 0 radical (unpaired) electrons. The van der Waals surface area contributed by atoms with Gasteiger partial charge in [-0.05, 0) is 41.2 Å². The topological polar surface area (TPSA) is 109 Å². The number of nitrogens with one attached hydrogen (secondary N) is 3. The number of benzene rings is 2. The fourth-order valence-corrected chi connectivity index (χ4v) is 3.95. The molecule has 7 heteroatoms. The summed E-state index contributed by atoms with van der Waals surface area (Å²) >= 11 is 0. The van der Waals surface area contributed by atoms with E-state index < -0.39 is 0 Å². The van der Waals surface area contributed by atoms with Crippen LogP contribution in [0.4, 0.5) is 11.8 Å². The van der Waals surface area contributed by atoms with Crippen molar-refractivity contribution < 1.29 is 4.79 Å². The molecule has 0 aliphatic heterocycles. The summed E-state index contributed by atoms with van der Waals surface area (Å²) in [4.78, 5) is 24.0. The molecule has 0 unspecified atom stereocenters. The van der Waals surface area contributed by atoms with Gasteiger partial charge >= 0.3 is 0 Å². The molecule has 0 spiro atoms. The Balaban J connectivity index is 1.12. The summed E-state index contributed by atoms with van der Waals surface area (Å²) in [6, 6.07) is 22.3. The van der Waals surface area contributed by atoms with Crippen molar-refractivity contribution in [1.82, 2.24) is 20.3 Å². The molecule has 2 aromatic heterocycles. The average Bonchev–Trinajstić information content (AvgIpc) is 3.50. The van der Waals surface area contributed by atoms with Gasteiger partial charge in [0.25, 0.3) is 0 Å². The van der Waals surface area contributed by atoms with Gasteiger partial charge in [0.1, 0.15) is 5.82 Å². The lowest BCUT2D eigenvalue weighted by Gasteiger charge is -2.18. The molecule has 1 aliphatic rings. The fourth-order valence-electron chi connectivity index (χ4n) is 3.95. The monoisotopic (exact) mass is 438 g/mol. The Labute approximate surface area is 192 Å². The Kier molecular flexibility index (Phi) is 5.52. The van der Waals surface area contributed by atoms with E-state index in [1.807, 2.05) is 42.5 Å². The van der Waals surface area contributed by atoms with Crippen LogP contribution in [0.3, 0.4) is 0 Å². The van der Waals surface area contributed by atoms with Crippen molar-refractivity contribution in [2.24, 2.45) is 0 Å². The minimum absolute atomic E-state index is 0.00725. The van der Waals surface area contributed by atoms with E-state index in [0.717, 1.165) is 41.0 Å². The van der Waals surface area contributed by atoms with E-state index in [4.69, 9.17) is 5.73 Å². The number of hydrogen-bond acceptors (Lipinski definition) is 5. The molecule has 1 fully saturated rings. The van der Waals surface area contributed by atoms with Crippen LogP contribution in [0, 0.1) is 0 Å². The number of aromatic nitrogens is 3. The number of carbonyl (C=O) groups is 1. The summed E-state index contributed by atoms with van der Waals surface area (Å²) in [6.07, 6.45) is 5.96. The highest BCUT2D eigenvalue weighted by Crippen LogP contribution is 2.47. The molecular formula is C26H26N6O. The molecule has 0 bridgehead atoms. The van der Waals surface area contributed by atoms with Crippen molar-refractivity contribution in [3.63, 3.8) is 0 Å². The molecule has 33 heavy (non-hydrogen) atoms. The second-order valence-electron chi connectivity index (χ2n) is 8.46. The van der Waals surface area contributed by atoms with E-state index in [0.29, 0.717) is 18.9 Å². The number of carbonyl (C=O) groups excluding carboxylic acids is 1. The first-order chi connectivity index (χ1) is 16.1. The molecule has 1 amide bonds. The van der Waals surface area contributed by atoms with E-state index in [-0.39, 0.29) is 11.4 Å². The normalized spacial score (nSPS) is 13.9. The number of rotatable bonds is 8. The van der Waals surface area contributed by atoms with E-state index in [2.05, 4.69) is 49.9 Å². The third-order valence-corrected chi connectivity index (χ3v) is 5.98. The van der Waals surface area contributed by atoms with Gasteiger partial charge in [0.15, 0.2) is 5.95 Å². The van der Waals surface area contributed by atoms with Gasteiger partial charge < -0.3 is 21.4 Å². The number of aromatic amines is 1. The quantitative estimate of drug-likeness (QED) is 0.332. The van der Waals surface area contributed by atoms with Gasteiger partial charge in [-0.1, -0.05) is 60.7 Å². The van der Waals surface area contributed by atoms with Crippen LogP contribution < -0.4 is 16.4 Å². The molecule has 1 saturated carbocycles. The number of H-pyrrole nitrogens is 1. The summed E-state index contributed by atoms with van der Waals surface area (Å²) in [6.45, 7) is 0.469. The lowest BCUT2D eigenvalue weighted by Crippen LogP contribution is -2.24. The predicted octanol–water partition coefficient (Wildman–Crippen LogP) is 4.01. The number of anilines is 2. The minimum atomic E-state index is -0.0362. The van der Waals surface area contributed by atoms with Crippen LogP contribution >= 0.6 is 0 Å². The Morgan fingerprint density at radius 2 is 1.70 bits per heavy atom. The zero-order chi connectivity index (χ0) is 22.7. The summed E-state index contributed by atoms with van der Waals surface area (Å²) in [5, 5.41) is 6.54. The number of nitrogens with two attached hydrogens (primary N) is 1. The molecule has 5 N–H and O–H groups in total. The van der Waals surface area contributed by atoms with E-state index in [1.54, 1.807) is 12.4 Å².